The molecule has 1 heterocycles. The van der Waals surface area contributed by atoms with Crippen LogP contribution >= 0.6 is 0 Å². The summed E-state index contributed by atoms with van der Waals surface area (Å²) < 4.78 is 5.43. The molecule has 0 aliphatic heterocycles. The van der Waals surface area contributed by atoms with Crippen molar-refractivity contribution in [2.45, 2.75) is 26.3 Å². The molecule has 0 spiro atoms. The topological polar surface area (TPSA) is 25.5 Å². The lowest BCUT2D eigenvalue weighted by Gasteiger charge is -2.05. The monoisotopic (exact) mass is 227 g/mol. The van der Waals surface area contributed by atoms with Crippen LogP contribution in [0.15, 0.2) is 51.9 Å². The van der Waals surface area contributed by atoms with Gasteiger partial charge in [-0.2, -0.15) is 0 Å². The Morgan fingerprint density at radius 2 is 1.94 bits per heavy atom. The van der Waals surface area contributed by atoms with Crippen molar-refractivity contribution in [2.24, 2.45) is 4.99 Å². The summed E-state index contributed by atoms with van der Waals surface area (Å²) in [6.45, 7) is 4.05. The SMILES string of the molecule is Cc1ccc(C=N[C@@H](C)Cc2ccccc2)o1. The highest BCUT2D eigenvalue weighted by Gasteiger charge is 2.00. The first-order valence-corrected chi connectivity index (χ1v) is 5.87. The number of benzene rings is 1. The van der Waals surface area contributed by atoms with Crippen LogP contribution in [0, 0.1) is 6.92 Å². The summed E-state index contributed by atoms with van der Waals surface area (Å²) in [7, 11) is 0. The van der Waals surface area contributed by atoms with Crippen LogP contribution in [0.5, 0.6) is 0 Å². The molecule has 0 N–H and O–H groups in total. The largest absolute Gasteiger partial charge is 0.460 e. The van der Waals surface area contributed by atoms with Gasteiger partial charge in [-0.05, 0) is 38.0 Å². The highest BCUT2D eigenvalue weighted by molar-refractivity contribution is 5.75. The Kier molecular flexibility index (Phi) is 3.76. The van der Waals surface area contributed by atoms with E-state index in [2.05, 4.69) is 36.2 Å². The summed E-state index contributed by atoms with van der Waals surface area (Å²) >= 11 is 0. The minimum absolute atomic E-state index is 0.266. The Bertz CT molecular complexity index is 485. The van der Waals surface area contributed by atoms with E-state index < -0.39 is 0 Å². The Morgan fingerprint density at radius 1 is 1.18 bits per heavy atom. The number of rotatable bonds is 4. The van der Waals surface area contributed by atoms with E-state index in [1.54, 1.807) is 6.21 Å². The lowest BCUT2D eigenvalue weighted by molar-refractivity contribution is 0.527. The van der Waals surface area contributed by atoms with Crippen LogP contribution in [0.2, 0.25) is 0 Å². The fourth-order valence-corrected chi connectivity index (χ4v) is 1.73. The predicted molar refractivity (Wildman–Crippen MR) is 70.6 cm³/mol. The summed E-state index contributed by atoms with van der Waals surface area (Å²) in [5, 5.41) is 0. The molecule has 0 aliphatic carbocycles. The Hall–Kier alpha value is -1.83. The van der Waals surface area contributed by atoms with E-state index in [0.717, 1.165) is 17.9 Å². The van der Waals surface area contributed by atoms with Gasteiger partial charge < -0.3 is 4.42 Å². The van der Waals surface area contributed by atoms with E-state index in [0.29, 0.717) is 0 Å². The van der Waals surface area contributed by atoms with E-state index in [9.17, 15) is 0 Å². The summed E-state index contributed by atoms with van der Waals surface area (Å²) in [5.74, 6) is 1.74. The molecule has 0 amide bonds. The summed E-state index contributed by atoms with van der Waals surface area (Å²) in [4.78, 5) is 4.48. The first-order valence-electron chi connectivity index (χ1n) is 5.87. The molecule has 2 heteroatoms. The fraction of sp³-hybridized carbons (Fsp3) is 0.267. The number of hydrogen-bond acceptors (Lipinski definition) is 2. The van der Waals surface area contributed by atoms with Gasteiger partial charge in [0.2, 0.25) is 0 Å². The van der Waals surface area contributed by atoms with E-state index in [1.807, 2.05) is 25.1 Å². The molecule has 0 saturated heterocycles. The van der Waals surface area contributed by atoms with Crippen LogP contribution in [0.3, 0.4) is 0 Å². The Balaban J connectivity index is 1.93. The van der Waals surface area contributed by atoms with Crippen molar-refractivity contribution in [1.29, 1.82) is 0 Å². The van der Waals surface area contributed by atoms with Crippen molar-refractivity contribution in [3.8, 4) is 0 Å². The predicted octanol–water partition coefficient (Wildman–Crippen LogP) is 3.64. The van der Waals surface area contributed by atoms with Gasteiger partial charge >= 0.3 is 0 Å². The van der Waals surface area contributed by atoms with E-state index in [-0.39, 0.29) is 6.04 Å². The number of hydrogen-bond donors (Lipinski definition) is 0. The number of furan rings is 1. The third kappa shape index (κ3) is 3.59. The highest BCUT2D eigenvalue weighted by Crippen LogP contribution is 2.07. The molecule has 0 fully saturated rings. The molecule has 1 aromatic heterocycles. The summed E-state index contributed by atoms with van der Waals surface area (Å²) in [5.41, 5.74) is 1.31. The normalized spacial score (nSPS) is 13.1. The van der Waals surface area contributed by atoms with Crippen molar-refractivity contribution in [3.05, 3.63) is 59.5 Å². The van der Waals surface area contributed by atoms with Gasteiger partial charge in [-0.1, -0.05) is 30.3 Å². The zero-order valence-electron chi connectivity index (χ0n) is 10.3. The van der Waals surface area contributed by atoms with E-state index in [1.165, 1.54) is 5.56 Å². The van der Waals surface area contributed by atoms with Crippen molar-refractivity contribution < 1.29 is 4.42 Å². The molecule has 2 rings (SSSR count). The van der Waals surface area contributed by atoms with Crippen LogP contribution in [0.4, 0.5) is 0 Å². The first-order chi connectivity index (χ1) is 8.24. The molecule has 0 bridgehead atoms. The molecular weight excluding hydrogens is 210 g/mol. The quantitative estimate of drug-likeness (QED) is 0.732. The standard InChI is InChI=1S/C15H17NO/c1-12(10-14-6-4-3-5-7-14)16-11-15-9-8-13(2)17-15/h3-9,11-12H,10H2,1-2H3/t12-/m0/s1. The van der Waals surface area contributed by atoms with Gasteiger partial charge in [0.25, 0.3) is 0 Å². The fourth-order valence-electron chi connectivity index (χ4n) is 1.73. The van der Waals surface area contributed by atoms with E-state index >= 15 is 0 Å². The molecule has 0 aliphatic rings. The smallest absolute Gasteiger partial charge is 0.144 e. The second-order valence-corrected chi connectivity index (χ2v) is 4.27. The molecule has 2 aromatic rings. The molecule has 2 nitrogen and oxygen atoms in total. The molecule has 0 saturated carbocycles. The van der Waals surface area contributed by atoms with Gasteiger partial charge in [-0.3, -0.25) is 4.99 Å². The van der Waals surface area contributed by atoms with Crippen molar-refractivity contribution in [2.75, 3.05) is 0 Å². The van der Waals surface area contributed by atoms with Crippen molar-refractivity contribution in [1.82, 2.24) is 0 Å². The number of aryl methyl sites for hydroxylation is 1. The van der Waals surface area contributed by atoms with Crippen molar-refractivity contribution >= 4 is 6.21 Å². The first kappa shape index (κ1) is 11.6. The second-order valence-electron chi connectivity index (χ2n) is 4.27. The maximum atomic E-state index is 5.43. The lowest BCUT2D eigenvalue weighted by atomic mass is 10.1. The maximum Gasteiger partial charge on any atom is 0.144 e. The molecule has 0 radical (unpaired) electrons. The third-order valence-electron chi connectivity index (χ3n) is 2.59. The zero-order chi connectivity index (χ0) is 12.1. The van der Waals surface area contributed by atoms with Gasteiger partial charge in [0.05, 0.1) is 12.3 Å². The van der Waals surface area contributed by atoms with Crippen LogP contribution in [0.1, 0.15) is 24.0 Å². The lowest BCUT2D eigenvalue weighted by Crippen LogP contribution is -2.03. The van der Waals surface area contributed by atoms with Gasteiger partial charge in [0.1, 0.15) is 11.5 Å². The molecular formula is C15H17NO. The molecule has 88 valence electrons. The second kappa shape index (κ2) is 5.48. The van der Waals surface area contributed by atoms with Gasteiger partial charge in [-0.15, -0.1) is 0 Å². The molecule has 1 atom stereocenters. The minimum atomic E-state index is 0.266. The highest BCUT2D eigenvalue weighted by atomic mass is 16.3. The van der Waals surface area contributed by atoms with Crippen molar-refractivity contribution in [3.63, 3.8) is 0 Å². The van der Waals surface area contributed by atoms with Gasteiger partial charge in [0, 0.05) is 0 Å². The van der Waals surface area contributed by atoms with E-state index in [4.69, 9.17) is 4.42 Å². The number of aliphatic imine (C=N–C) groups is 1. The van der Waals surface area contributed by atoms with Crippen LogP contribution in [-0.4, -0.2) is 12.3 Å². The molecule has 1 aromatic carbocycles. The molecule has 0 unspecified atom stereocenters. The maximum absolute atomic E-state index is 5.43. The summed E-state index contributed by atoms with van der Waals surface area (Å²) in [6, 6.07) is 14.6. The average Bonchev–Trinajstić information content (AvgIpc) is 2.74. The Morgan fingerprint density at radius 3 is 2.59 bits per heavy atom. The van der Waals surface area contributed by atoms with Gasteiger partial charge in [0.15, 0.2) is 0 Å². The van der Waals surface area contributed by atoms with Crippen LogP contribution in [0.25, 0.3) is 0 Å². The summed E-state index contributed by atoms with van der Waals surface area (Å²) in [6.07, 6.45) is 2.76. The Labute approximate surface area is 102 Å². The molecule has 17 heavy (non-hydrogen) atoms. The van der Waals surface area contributed by atoms with Crippen LogP contribution < -0.4 is 0 Å². The van der Waals surface area contributed by atoms with Crippen LogP contribution in [-0.2, 0) is 6.42 Å². The average molecular weight is 227 g/mol. The zero-order valence-corrected chi connectivity index (χ0v) is 10.3. The third-order valence-corrected chi connectivity index (χ3v) is 2.59. The number of nitrogens with zero attached hydrogens (tertiary/aromatic N) is 1. The van der Waals surface area contributed by atoms with Gasteiger partial charge in [-0.25, -0.2) is 0 Å². The minimum Gasteiger partial charge on any atom is -0.460 e.